The number of nitrogens with zero attached hydrogens (tertiary/aromatic N) is 2. The molecule has 0 aliphatic heterocycles. The van der Waals surface area contributed by atoms with Gasteiger partial charge in [0, 0.05) is 18.8 Å². The molecule has 0 saturated heterocycles. The molecule has 3 N–H and O–H groups in total. The molecule has 0 spiro atoms. The molecule has 0 aliphatic carbocycles. The zero-order chi connectivity index (χ0) is 20.2. The van der Waals surface area contributed by atoms with Crippen molar-refractivity contribution in [2.24, 2.45) is 0 Å². The Hall–Kier alpha value is -2.68. The van der Waals surface area contributed by atoms with Crippen LogP contribution in [0.1, 0.15) is 50.7 Å². The van der Waals surface area contributed by atoms with E-state index in [2.05, 4.69) is 20.6 Å². The van der Waals surface area contributed by atoms with Crippen molar-refractivity contribution in [2.45, 2.75) is 44.6 Å². The molecule has 2 amide bonds. The van der Waals surface area contributed by atoms with E-state index in [1.165, 1.54) is 6.07 Å². The maximum absolute atomic E-state index is 12.4. The average Bonchev–Trinajstić information content (AvgIpc) is 2.61. The van der Waals surface area contributed by atoms with Crippen LogP contribution in [0.25, 0.3) is 0 Å². The highest BCUT2D eigenvalue weighted by atomic mass is 32.2. The van der Waals surface area contributed by atoms with Crippen molar-refractivity contribution >= 4 is 27.6 Å². The van der Waals surface area contributed by atoms with E-state index in [1.54, 1.807) is 7.05 Å². The molecule has 0 unspecified atom stereocenters. The number of nitrogens with one attached hydrogen (secondary N) is 3. The summed E-state index contributed by atoms with van der Waals surface area (Å²) in [6.07, 6.45) is 1.11. The predicted octanol–water partition coefficient (Wildman–Crippen LogP) is 3.28. The summed E-state index contributed by atoms with van der Waals surface area (Å²) in [6.45, 7) is 8.05. The molecule has 8 nitrogen and oxygen atoms in total. The maximum atomic E-state index is 12.4. The number of sulfonamides is 1. The third-order valence-corrected chi connectivity index (χ3v) is 5.24. The first-order valence-electron chi connectivity index (χ1n) is 8.62. The zero-order valence-corrected chi connectivity index (χ0v) is 16.9. The molecule has 1 heterocycles. The molecular formula is C18H25N5O3S. The van der Waals surface area contributed by atoms with Crippen molar-refractivity contribution in [1.82, 2.24) is 14.7 Å². The lowest BCUT2D eigenvalue weighted by atomic mass is 9.93. The van der Waals surface area contributed by atoms with Crippen molar-refractivity contribution in [3.63, 3.8) is 0 Å². The van der Waals surface area contributed by atoms with Gasteiger partial charge in [0.05, 0.1) is 0 Å². The van der Waals surface area contributed by atoms with Crippen molar-refractivity contribution in [3.05, 3.63) is 41.7 Å². The molecule has 0 bridgehead atoms. The van der Waals surface area contributed by atoms with Gasteiger partial charge in [-0.2, -0.15) is 8.42 Å². The monoisotopic (exact) mass is 391 g/mol. The summed E-state index contributed by atoms with van der Waals surface area (Å²) in [4.78, 5) is 20.0. The topological polar surface area (TPSA) is 113 Å². The van der Waals surface area contributed by atoms with Gasteiger partial charge in [0.15, 0.2) is 5.03 Å². The highest BCUT2D eigenvalue weighted by Crippen LogP contribution is 2.32. The molecule has 0 fully saturated rings. The van der Waals surface area contributed by atoms with E-state index in [-0.39, 0.29) is 16.9 Å². The Labute approximate surface area is 159 Å². The van der Waals surface area contributed by atoms with Crippen LogP contribution in [0.5, 0.6) is 0 Å². The summed E-state index contributed by atoms with van der Waals surface area (Å²) in [5.41, 5.74) is 2.51. The van der Waals surface area contributed by atoms with E-state index in [9.17, 15) is 13.2 Å². The Bertz CT molecular complexity index is 900. The van der Waals surface area contributed by atoms with Gasteiger partial charge in [-0.15, -0.1) is 0 Å². The number of amides is 2. The number of hydrogen-bond acceptors (Lipinski definition) is 6. The third kappa shape index (κ3) is 4.94. The molecular weight excluding hydrogens is 366 g/mol. The number of urea groups is 1. The smallest absolute Gasteiger partial charge is 0.333 e. The fourth-order valence-electron chi connectivity index (χ4n) is 2.63. The molecule has 0 atom stereocenters. The molecule has 0 radical (unpaired) electrons. The molecule has 27 heavy (non-hydrogen) atoms. The summed E-state index contributed by atoms with van der Waals surface area (Å²) in [5, 5.41) is 5.14. The highest BCUT2D eigenvalue weighted by Gasteiger charge is 2.22. The zero-order valence-electron chi connectivity index (χ0n) is 16.1. The second kappa shape index (κ2) is 8.34. The number of anilines is 2. The Balaban J connectivity index is 2.30. The number of carbonyl (C=O) groups excluding carboxylic acids is 1. The minimum absolute atomic E-state index is 0.163. The number of rotatable bonds is 6. The van der Waals surface area contributed by atoms with Gasteiger partial charge in [-0.3, -0.25) is 0 Å². The van der Waals surface area contributed by atoms with E-state index in [4.69, 9.17) is 0 Å². The summed E-state index contributed by atoms with van der Waals surface area (Å²) in [5.74, 6) is 0.657. The van der Waals surface area contributed by atoms with Crippen LogP contribution in [0.2, 0.25) is 0 Å². The molecule has 0 saturated carbocycles. The Morgan fingerprint density at radius 1 is 1.04 bits per heavy atom. The van der Waals surface area contributed by atoms with Crippen molar-refractivity contribution in [2.75, 3.05) is 17.7 Å². The first kappa shape index (κ1) is 20.6. The highest BCUT2D eigenvalue weighted by molar-refractivity contribution is 7.90. The summed E-state index contributed by atoms with van der Waals surface area (Å²) < 4.78 is 26.9. The van der Waals surface area contributed by atoms with Crippen LogP contribution in [-0.2, 0) is 10.0 Å². The largest absolute Gasteiger partial charge is 0.373 e. The van der Waals surface area contributed by atoms with Crippen molar-refractivity contribution in [1.29, 1.82) is 0 Å². The van der Waals surface area contributed by atoms with E-state index in [0.29, 0.717) is 11.5 Å². The third-order valence-electron chi connectivity index (χ3n) is 4.01. The average molecular weight is 391 g/mol. The van der Waals surface area contributed by atoms with Crippen LogP contribution in [0.4, 0.5) is 16.3 Å². The van der Waals surface area contributed by atoms with E-state index >= 15 is 0 Å². The number of hydrogen-bond donors (Lipinski definition) is 3. The molecule has 0 aliphatic rings. The minimum atomic E-state index is -4.13. The van der Waals surface area contributed by atoms with E-state index in [0.717, 1.165) is 17.5 Å². The molecule has 1 aromatic heterocycles. The van der Waals surface area contributed by atoms with Crippen molar-refractivity contribution in [3.8, 4) is 0 Å². The fourth-order valence-corrected chi connectivity index (χ4v) is 3.48. The second-order valence-electron chi connectivity index (χ2n) is 6.67. The van der Waals surface area contributed by atoms with Gasteiger partial charge in [-0.05, 0) is 23.0 Å². The van der Waals surface area contributed by atoms with Crippen LogP contribution in [0.3, 0.4) is 0 Å². The van der Waals surface area contributed by atoms with Gasteiger partial charge in [0.2, 0.25) is 0 Å². The molecule has 2 rings (SSSR count). The van der Waals surface area contributed by atoms with Gasteiger partial charge in [0.1, 0.15) is 12.1 Å². The van der Waals surface area contributed by atoms with Gasteiger partial charge in [0.25, 0.3) is 10.0 Å². The first-order chi connectivity index (χ1) is 12.7. The predicted molar refractivity (Wildman–Crippen MR) is 106 cm³/mol. The van der Waals surface area contributed by atoms with Gasteiger partial charge < -0.3 is 10.6 Å². The van der Waals surface area contributed by atoms with Gasteiger partial charge in [-0.25, -0.2) is 19.5 Å². The Morgan fingerprint density at radius 2 is 1.63 bits per heavy atom. The maximum Gasteiger partial charge on any atom is 0.333 e. The fraction of sp³-hybridized carbons (Fsp3) is 0.389. The van der Waals surface area contributed by atoms with E-state index in [1.807, 2.05) is 50.6 Å². The number of para-hydroxylation sites is 1. The number of carbonyl (C=O) groups is 1. The molecule has 9 heteroatoms. The standard InChI is InChI=1S/C18H25N5O3S/c1-11(2)13-7-6-8-14(12(3)4)17(13)22-18(24)23-27(25,26)16-9-15(19-5)20-10-21-16/h6-12H,1-5H3,(H,19,20,21)(H2,22,23,24). The van der Waals surface area contributed by atoms with Gasteiger partial charge in [-0.1, -0.05) is 45.9 Å². The molecule has 1 aromatic carbocycles. The Morgan fingerprint density at radius 3 is 2.15 bits per heavy atom. The number of benzene rings is 1. The van der Waals surface area contributed by atoms with Crippen LogP contribution < -0.4 is 15.4 Å². The van der Waals surface area contributed by atoms with E-state index < -0.39 is 16.1 Å². The SMILES string of the molecule is CNc1cc(S(=O)(=O)NC(=O)Nc2c(C(C)C)cccc2C(C)C)ncn1. The second-order valence-corrected chi connectivity index (χ2v) is 8.30. The van der Waals surface area contributed by atoms with Crippen LogP contribution in [0.15, 0.2) is 35.6 Å². The summed E-state index contributed by atoms with van der Waals surface area (Å²) >= 11 is 0. The molecule has 2 aromatic rings. The summed E-state index contributed by atoms with van der Waals surface area (Å²) in [6, 6.07) is 6.19. The normalized spacial score (nSPS) is 11.5. The van der Waals surface area contributed by atoms with Crippen molar-refractivity contribution < 1.29 is 13.2 Å². The van der Waals surface area contributed by atoms with Crippen LogP contribution in [0, 0.1) is 0 Å². The quantitative estimate of drug-likeness (QED) is 0.651. The summed E-state index contributed by atoms with van der Waals surface area (Å²) in [7, 11) is -2.53. The van der Waals surface area contributed by atoms with Crippen LogP contribution in [-0.4, -0.2) is 31.5 Å². The lowest BCUT2D eigenvalue weighted by Crippen LogP contribution is -2.35. The van der Waals surface area contributed by atoms with Crippen LogP contribution >= 0.6 is 0 Å². The lowest BCUT2D eigenvalue weighted by Gasteiger charge is -2.20. The first-order valence-corrected chi connectivity index (χ1v) is 10.1. The number of aromatic nitrogens is 2. The van der Waals surface area contributed by atoms with Gasteiger partial charge >= 0.3 is 6.03 Å². The Kier molecular flexibility index (Phi) is 6.37. The minimum Gasteiger partial charge on any atom is -0.373 e. The lowest BCUT2D eigenvalue weighted by molar-refractivity contribution is 0.256. The molecule has 146 valence electrons.